The molecule has 2 atom stereocenters. The highest BCUT2D eigenvalue weighted by atomic mass is 31.2. The van der Waals surface area contributed by atoms with Crippen LogP contribution in [0.4, 0.5) is 0 Å². The highest BCUT2D eigenvalue weighted by Crippen LogP contribution is 2.67. The number of hydrogen-bond acceptors (Lipinski definition) is 4. The quantitative estimate of drug-likeness (QED) is 0.240. The van der Waals surface area contributed by atoms with E-state index in [1.165, 1.54) is 0 Å². The van der Waals surface area contributed by atoms with Crippen LogP contribution in [-0.2, 0) is 9.13 Å². The van der Waals surface area contributed by atoms with Gasteiger partial charge in [0.15, 0.2) is 7.60 Å². The van der Waals surface area contributed by atoms with E-state index in [1.54, 1.807) is 12.2 Å². The van der Waals surface area contributed by atoms with Gasteiger partial charge in [-0.25, -0.2) is 0 Å². The number of nitrogens with one attached hydrogen (secondary N) is 1. The van der Waals surface area contributed by atoms with Crippen LogP contribution in [0, 0.1) is 0 Å². The zero-order chi connectivity index (χ0) is 16.0. The van der Waals surface area contributed by atoms with Crippen LogP contribution in [0.2, 0.25) is 0 Å². The van der Waals surface area contributed by atoms with Crippen molar-refractivity contribution in [2.75, 3.05) is 19.6 Å². The maximum absolute atomic E-state index is 11.1. The first-order valence-electron chi connectivity index (χ1n) is 5.87. The lowest BCUT2D eigenvalue weighted by Crippen LogP contribution is -3.11. The van der Waals surface area contributed by atoms with Crippen LogP contribution in [0.25, 0.3) is 0 Å². The van der Waals surface area contributed by atoms with Crippen LogP contribution in [0.3, 0.4) is 0 Å². The molecule has 0 aliphatic carbocycles. The summed E-state index contributed by atoms with van der Waals surface area (Å²) in [4.78, 5) is 38.7. The van der Waals surface area contributed by atoms with Gasteiger partial charge in [-0.05, 0) is 12.2 Å². The van der Waals surface area contributed by atoms with E-state index in [1.807, 2.05) is 0 Å². The molecule has 0 aliphatic heterocycles. The standard InChI is InChI=1S/C10H21NO7P2/c1-3-7-11(8-4-2)9-5-6-10(12,19(13,14)15)20(16,17)18/h3-4,12H,1-2,5-9H2,(H2,13,14,15)(H2,16,17,18). The predicted octanol–water partition coefficient (Wildman–Crippen LogP) is -1.61. The average Bonchev–Trinajstić information content (AvgIpc) is 2.26. The van der Waals surface area contributed by atoms with E-state index in [0.717, 1.165) is 4.90 Å². The van der Waals surface area contributed by atoms with Crippen molar-refractivity contribution in [1.29, 1.82) is 0 Å². The maximum atomic E-state index is 11.1. The third kappa shape index (κ3) is 5.24. The number of rotatable bonds is 10. The summed E-state index contributed by atoms with van der Waals surface area (Å²) in [5, 5.41) is 6.18. The van der Waals surface area contributed by atoms with Gasteiger partial charge in [0.25, 0.3) is 0 Å². The van der Waals surface area contributed by atoms with Crippen molar-refractivity contribution in [3.05, 3.63) is 25.3 Å². The molecule has 0 heterocycles. The predicted molar refractivity (Wildman–Crippen MR) is 72.0 cm³/mol. The van der Waals surface area contributed by atoms with Crippen molar-refractivity contribution >= 4 is 15.2 Å². The second-order valence-corrected chi connectivity index (χ2v) is 8.39. The van der Waals surface area contributed by atoms with E-state index in [4.69, 9.17) is 14.7 Å². The lowest BCUT2D eigenvalue weighted by Gasteiger charge is -2.36. The molecule has 0 saturated heterocycles. The number of quaternary nitrogens is 1. The lowest BCUT2D eigenvalue weighted by atomic mass is 10.3. The molecule has 0 amide bonds. The molecule has 0 aromatic carbocycles. The van der Waals surface area contributed by atoms with Crippen LogP contribution >= 0.6 is 15.2 Å². The molecule has 8 nitrogen and oxygen atoms in total. The fourth-order valence-electron chi connectivity index (χ4n) is 1.72. The Morgan fingerprint density at radius 2 is 1.60 bits per heavy atom. The van der Waals surface area contributed by atoms with Crippen molar-refractivity contribution in [2.24, 2.45) is 0 Å². The summed E-state index contributed by atoms with van der Waals surface area (Å²) in [6, 6.07) is 0. The minimum Gasteiger partial charge on any atom is -0.776 e. The van der Waals surface area contributed by atoms with E-state index in [2.05, 4.69) is 13.2 Å². The van der Waals surface area contributed by atoms with Crippen LogP contribution in [0.15, 0.2) is 25.3 Å². The zero-order valence-corrected chi connectivity index (χ0v) is 12.8. The Hall–Kier alpha value is -0.300. The Morgan fingerprint density at radius 3 is 1.90 bits per heavy atom. The van der Waals surface area contributed by atoms with Gasteiger partial charge in [-0.15, -0.1) is 0 Å². The highest BCUT2D eigenvalue weighted by molar-refractivity contribution is 7.71. The molecule has 0 aromatic rings. The molecule has 5 N–H and O–H groups in total. The fraction of sp³-hybridized carbons (Fsp3) is 0.600. The second-order valence-electron chi connectivity index (χ2n) is 4.43. The largest absolute Gasteiger partial charge is 0.776 e. The van der Waals surface area contributed by atoms with Crippen molar-refractivity contribution in [3.63, 3.8) is 0 Å². The molecule has 0 bridgehead atoms. The molecular formula is C10H21NO7P2. The van der Waals surface area contributed by atoms with E-state index in [-0.39, 0.29) is 6.42 Å². The van der Waals surface area contributed by atoms with Gasteiger partial charge in [-0.2, -0.15) is 0 Å². The molecule has 0 saturated carbocycles. The van der Waals surface area contributed by atoms with Crippen LogP contribution in [0.1, 0.15) is 12.8 Å². The summed E-state index contributed by atoms with van der Waals surface area (Å²) >= 11 is 0. The van der Waals surface area contributed by atoms with E-state index in [0.29, 0.717) is 19.6 Å². The third-order valence-electron chi connectivity index (χ3n) is 2.83. The molecule has 10 heteroatoms. The number of hydrogen-bond donors (Lipinski definition) is 5. The molecule has 0 fully saturated rings. The molecule has 20 heavy (non-hydrogen) atoms. The summed E-state index contributed by atoms with van der Waals surface area (Å²) in [7, 11) is -11.0. The first kappa shape index (κ1) is 19.7. The molecule has 0 radical (unpaired) electrons. The van der Waals surface area contributed by atoms with Gasteiger partial charge in [0.05, 0.1) is 19.6 Å². The molecule has 118 valence electrons. The Balaban J connectivity index is 4.81. The Morgan fingerprint density at radius 1 is 1.15 bits per heavy atom. The Kier molecular flexibility index (Phi) is 7.52. The summed E-state index contributed by atoms with van der Waals surface area (Å²) in [6.45, 7) is 8.54. The van der Waals surface area contributed by atoms with E-state index in [9.17, 15) is 19.1 Å². The third-order valence-corrected chi connectivity index (χ3v) is 6.65. The van der Waals surface area contributed by atoms with E-state index < -0.39 is 26.7 Å². The monoisotopic (exact) mass is 329 g/mol. The normalized spacial score (nSPS) is 18.3. The summed E-state index contributed by atoms with van der Waals surface area (Å²) < 4.78 is 22.1. The number of aliphatic hydroxyl groups is 1. The van der Waals surface area contributed by atoms with Gasteiger partial charge < -0.3 is 34.1 Å². The SMILES string of the molecule is C=CC[NH+](CC=C)CCCC(O)(P(=O)([O-])O)P(=O)(O)O. The molecule has 0 spiro atoms. The van der Waals surface area contributed by atoms with Crippen LogP contribution in [-0.4, -0.2) is 44.5 Å². The Bertz CT molecular complexity index is 395. The van der Waals surface area contributed by atoms with Crippen molar-refractivity contribution < 1.29 is 38.7 Å². The van der Waals surface area contributed by atoms with Gasteiger partial charge in [0.2, 0.25) is 5.08 Å². The van der Waals surface area contributed by atoms with Gasteiger partial charge in [-0.3, -0.25) is 4.57 Å². The summed E-state index contributed by atoms with van der Waals surface area (Å²) in [6.07, 6.45) is 2.51. The zero-order valence-electron chi connectivity index (χ0n) is 11.0. The van der Waals surface area contributed by atoms with Crippen molar-refractivity contribution in [3.8, 4) is 0 Å². The summed E-state index contributed by atoms with van der Waals surface area (Å²) in [5.41, 5.74) is 0. The Labute approximate surface area is 117 Å². The van der Waals surface area contributed by atoms with Gasteiger partial charge >= 0.3 is 7.60 Å². The molecule has 0 aliphatic rings. The minimum atomic E-state index is -5.61. The first-order chi connectivity index (χ1) is 8.99. The summed E-state index contributed by atoms with van der Waals surface area (Å²) in [5.74, 6) is 0. The smallest absolute Gasteiger partial charge is 0.365 e. The fourth-order valence-corrected chi connectivity index (χ4v) is 3.93. The van der Waals surface area contributed by atoms with Gasteiger partial charge in [-0.1, -0.05) is 13.2 Å². The molecular weight excluding hydrogens is 308 g/mol. The maximum Gasteiger partial charge on any atom is 0.365 e. The minimum absolute atomic E-state index is 0.00852. The average molecular weight is 329 g/mol. The van der Waals surface area contributed by atoms with Gasteiger partial charge in [0.1, 0.15) is 0 Å². The molecule has 2 unspecified atom stereocenters. The molecule has 0 aromatic heterocycles. The van der Waals surface area contributed by atoms with Gasteiger partial charge in [0, 0.05) is 12.8 Å². The second kappa shape index (κ2) is 7.64. The highest BCUT2D eigenvalue weighted by Gasteiger charge is 2.53. The van der Waals surface area contributed by atoms with Crippen LogP contribution < -0.4 is 9.79 Å². The topological polar surface area (TPSA) is 143 Å². The van der Waals surface area contributed by atoms with Crippen LogP contribution in [0.5, 0.6) is 0 Å². The van der Waals surface area contributed by atoms with Crippen molar-refractivity contribution in [1.82, 2.24) is 0 Å². The van der Waals surface area contributed by atoms with Crippen molar-refractivity contribution in [2.45, 2.75) is 17.9 Å². The first-order valence-corrected chi connectivity index (χ1v) is 9.06. The lowest BCUT2D eigenvalue weighted by molar-refractivity contribution is -0.888. The molecule has 0 rings (SSSR count). The van der Waals surface area contributed by atoms with E-state index >= 15 is 0 Å².